The molecular formula is C22H22FN3OS. The predicted octanol–water partition coefficient (Wildman–Crippen LogP) is 4.22. The first-order chi connectivity index (χ1) is 13.6. The maximum absolute atomic E-state index is 13.1. The maximum atomic E-state index is 13.1. The molecule has 1 fully saturated rings. The first-order valence-corrected chi connectivity index (χ1v) is 10.2. The second kappa shape index (κ2) is 8.20. The molecule has 0 bridgehead atoms. The molecule has 3 aromatic rings. The Hall–Kier alpha value is -2.57. The zero-order valence-electron chi connectivity index (χ0n) is 15.8. The van der Waals surface area contributed by atoms with Gasteiger partial charge in [-0.2, -0.15) is 0 Å². The van der Waals surface area contributed by atoms with Crippen molar-refractivity contribution in [2.45, 2.75) is 13.5 Å². The van der Waals surface area contributed by atoms with Crippen LogP contribution in [0.15, 0.2) is 53.9 Å². The fourth-order valence-electron chi connectivity index (χ4n) is 3.32. The zero-order chi connectivity index (χ0) is 19.5. The summed E-state index contributed by atoms with van der Waals surface area (Å²) in [7, 11) is 0. The number of aromatic nitrogens is 1. The van der Waals surface area contributed by atoms with Crippen LogP contribution in [0.5, 0.6) is 0 Å². The molecular weight excluding hydrogens is 373 g/mol. The number of rotatable bonds is 4. The van der Waals surface area contributed by atoms with E-state index in [-0.39, 0.29) is 11.7 Å². The van der Waals surface area contributed by atoms with E-state index in [2.05, 4.69) is 9.88 Å². The van der Waals surface area contributed by atoms with E-state index in [0.717, 1.165) is 60.1 Å². The summed E-state index contributed by atoms with van der Waals surface area (Å²) in [6.45, 7) is 5.92. The molecule has 0 unspecified atom stereocenters. The minimum Gasteiger partial charge on any atom is -0.336 e. The summed E-state index contributed by atoms with van der Waals surface area (Å²) < 4.78 is 13.1. The highest BCUT2D eigenvalue weighted by molar-refractivity contribution is 7.09. The van der Waals surface area contributed by atoms with Gasteiger partial charge in [-0.3, -0.25) is 9.69 Å². The molecule has 0 saturated carbocycles. The summed E-state index contributed by atoms with van der Waals surface area (Å²) >= 11 is 1.62. The number of benzene rings is 2. The van der Waals surface area contributed by atoms with Crippen LogP contribution in [0.1, 0.15) is 20.9 Å². The van der Waals surface area contributed by atoms with E-state index in [1.165, 1.54) is 12.1 Å². The lowest BCUT2D eigenvalue weighted by Gasteiger charge is -2.34. The lowest BCUT2D eigenvalue weighted by atomic mass is 10.1. The number of halogens is 1. The molecule has 2 heterocycles. The minimum absolute atomic E-state index is 0.104. The van der Waals surface area contributed by atoms with Crippen molar-refractivity contribution in [3.05, 3.63) is 75.9 Å². The zero-order valence-corrected chi connectivity index (χ0v) is 16.6. The van der Waals surface area contributed by atoms with Crippen LogP contribution in [0.25, 0.3) is 11.3 Å². The van der Waals surface area contributed by atoms with E-state index in [1.54, 1.807) is 23.5 Å². The molecule has 4 rings (SSSR count). The van der Waals surface area contributed by atoms with Gasteiger partial charge in [0.15, 0.2) is 0 Å². The SMILES string of the molecule is Cc1ccc(C(=O)N2CCN(Cc3nc(-c4ccc(F)cc4)cs3)CC2)cc1. The molecule has 1 aromatic heterocycles. The number of amides is 1. The molecule has 144 valence electrons. The highest BCUT2D eigenvalue weighted by atomic mass is 32.1. The number of piperazine rings is 1. The molecule has 0 N–H and O–H groups in total. The van der Waals surface area contributed by atoms with Gasteiger partial charge in [-0.05, 0) is 43.3 Å². The van der Waals surface area contributed by atoms with Crippen molar-refractivity contribution in [3.63, 3.8) is 0 Å². The summed E-state index contributed by atoms with van der Waals surface area (Å²) in [5, 5.41) is 3.05. The Kier molecular flexibility index (Phi) is 5.50. The van der Waals surface area contributed by atoms with Crippen LogP contribution < -0.4 is 0 Å². The van der Waals surface area contributed by atoms with E-state index in [1.807, 2.05) is 41.5 Å². The van der Waals surface area contributed by atoms with Crippen molar-refractivity contribution in [1.29, 1.82) is 0 Å². The normalized spacial score (nSPS) is 15.0. The second-order valence-corrected chi connectivity index (χ2v) is 8.01. The van der Waals surface area contributed by atoms with E-state index in [9.17, 15) is 9.18 Å². The van der Waals surface area contributed by atoms with Gasteiger partial charge < -0.3 is 4.90 Å². The van der Waals surface area contributed by atoms with Gasteiger partial charge in [0, 0.05) is 42.7 Å². The fourth-order valence-corrected chi connectivity index (χ4v) is 4.16. The third-order valence-electron chi connectivity index (χ3n) is 5.01. The Morgan fingerprint density at radius 2 is 1.71 bits per heavy atom. The molecule has 1 amide bonds. The van der Waals surface area contributed by atoms with Gasteiger partial charge in [-0.15, -0.1) is 11.3 Å². The number of hydrogen-bond acceptors (Lipinski definition) is 4. The smallest absolute Gasteiger partial charge is 0.253 e. The van der Waals surface area contributed by atoms with Crippen molar-refractivity contribution in [2.75, 3.05) is 26.2 Å². The van der Waals surface area contributed by atoms with Crippen LogP contribution >= 0.6 is 11.3 Å². The third kappa shape index (κ3) is 4.29. The molecule has 1 saturated heterocycles. The molecule has 1 aliphatic heterocycles. The quantitative estimate of drug-likeness (QED) is 0.664. The second-order valence-electron chi connectivity index (χ2n) is 7.07. The predicted molar refractivity (Wildman–Crippen MR) is 110 cm³/mol. The van der Waals surface area contributed by atoms with Gasteiger partial charge in [-0.1, -0.05) is 17.7 Å². The largest absolute Gasteiger partial charge is 0.336 e. The van der Waals surface area contributed by atoms with Crippen LogP contribution in [0, 0.1) is 12.7 Å². The van der Waals surface area contributed by atoms with Crippen LogP contribution in [-0.2, 0) is 6.54 Å². The molecule has 28 heavy (non-hydrogen) atoms. The Bertz CT molecular complexity index is 945. The Balaban J connectivity index is 1.33. The van der Waals surface area contributed by atoms with Crippen molar-refractivity contribution >= 4 is 17.2 Å². The number of hydrogen-bond donors (Lipinski definition) is 0. The fraction of sp³-hybridized carbons (Fsp3) is 0.273. The average Bonchev–Trinajstić information content (AvgIpc) is 3.18. The van der Waals surface area contributed by atoms with Crippen molar-refractivity contribution in [3.8, 4) is 11.3 Å². The lowest BCUT2D eigenvalue weighted by molar-refractivity contribution is 0.0628. The molecule has 1 aliphatic rings. The summed E-state index contributed by atoms with van der Waals surface area (Å²) in [6, 6.07) is 14.2. The van der Waals surface area contributed by atoms with Gasteiger partial charge in [0.1, 0.15) is 10.8 Å². The molecule has 6 heteroatoms. The Labute approximate surface area is 168 Å². The monoisotopic (exact) mass is 395 g/mol. The van der Waals surface area contributed by atoms with E-state index >= 15 is 0 Å². The minimum atomic E-state index is -0.239. The highest BCUT2D eigenvalue weighted by Gasteiger charge is 2.22. The number of carbonyl (C=O) groups excluding carboxylic acids is 1. The van der Waals surface area contributed by atoms with E-state index < -0.39 is 0 Å². The van der Waals surface area contributed by atoms with Crippen molar-refractivity contribution in [2.24, 2.45) is 0 Å². The van der Waals surface area contributed by atoms with Crippen LogP contribution in [0.2, 0.25) is 0 Å². The number of carbonyl (C=O) groups is 1. The van der Waals surface area contributed by atoms with Gasteiger partial charge >= 0.3 is 0 Å². The molecule has 2 aromatic carbocycles. The summed E-state index contributed by atoms with van der Waals surface area (Å²) in [5.74, 6) is -0.134. The summed E-state index contributed by atoms with van der Waals surface area (Å²) in [5.41, 5.74) is 3.72. The van der Waals surface area contributed by atoms with E-state index in [4.69, 9.17) is 0 Å². The van der Waals surface area contributed by atoms with E-state index in [0.29, 0.717) is 0 Å². The molecule has 0 spiro atoms. The number of thiazole rings is 1. The maximum Gasteiger partial charge on any atom is 0.253 e. The Morgan fingerprint density at radius 3 is 2.39 bits per heavy atom. The first-order valence-electron chi connectivity index (χ1n) is 9.37. The summed E-state index contributed by atoms with van der Waals surface area (Å²) in [6.07, 6.45) is 0. The van der Waals surface area contributed by atoms with Crippen LogP contribution in [-0.4, -0.2) is 46.9 Å². The molecule has 0 aliphatic carbocycles. The standard InChI is InChI=1S/C22H22FN3OS/c1-16-2-4-18(5-3-16)22(27)26-12-10-25(11-13-26)14-21-24-20(15-28-21)17-6-8-19(23)9-7-17/h2-9,15H,10-14H2,1H3. The molecule has 4 nitrogen and oxygen atoms in total. The molecule has 0 atom stereocenters. The van der Waals surface area contributed by atoms with Crippen LogP contribution in [0.3, 0.4) is 0 Å². The van der Waals surface area contributed by atoms with Crippen molar-refractivity contribution in [1.82, 2.24) is 14.8 Å². The topological polar surface area (TPSA) is 36.4 Å². The van der Waals surface area contributed by atoms with Gasteiger partial charge in [0.05, 0.1) is 12.2 Å². The first kappa shape index (κ1) is 18.8. The highest BCUT2D eigenvalue weighted by Crippen LogP contribution is 2.23. The van der Waals surface area contributed by atoms with Gasteiger partial charge in [0.2, 0.25) is 0 Å². The summed E-state index contributed by atoms with van der Waals surface area (Å²) in [4.78, 5) is 21.6. The number of nitrogens with zero attached hydrogens (tertiary/aromatic N) is 3. The van der Waals surface area contributed by atoms with Crippen LogP contribution in [0.4, 0.5) is 4.39 Å². The average molecular weight is 396 g/mol. The molecule has 0 radical (unpaired) electrons. The van der Waals surface area contributed by atoms with Crippen molar-refractivity contribution < 1.29 is 9.18 Å². The Morgan fingerprint density at radius 1 is 1.04 bits per heavy atom. The van der Waals surface area contributed by atoms with Gasteiger partial charge in [-0.25, -0.2) is 9.37 Å². The third-order valence-corrected chi connectivity index (χ3v) is 5.84. The number of aryl methyl sites for hydroxylation is 1. The van der Waals surface area contributed by atoms with Gasteiger partial charge in [0.25, 0.3) is 5.91 Å². The lowest BCUT2D eigenvalue weighted by Crippen LogP contribution is -2.48.